The van der Waals surface area contributed by atoms with Crippen LogP contribution in [0.5, 0.6) is 0 Å². The number of amides is 1. The maximum atomic E-state index is 12.2. The molecule has 0 aliphatic rings. The van der Waals surface area contributed by atoms with Crippen LogP contribution in [0.3, 0.4) is 0 Å². The number of hydrogen-bond donors (Lipinski definition) is 1. The van der Waals surface area contributed by atoms with E-state index in [0.717, 1.165) is 4.90 Å². The highest BCUT2D eigenvalue weighted by molar-refractivity contribution is 8.00. The van der Waals surface area contributed by atoms with Gasteiger partial charge in [0, 0.05) is 36.7 Å². The van der Waals surface area contributed by atoms with Crippen molar-refractivity contribution in [2.75, 3.05) is 13.6 Å². The van der Waals surface area contributed by atoms with Crippen LogP contribution < -0.4 is 5.73 Å². The molecule has 2 atom stereocenters. The lowest BCUT2D eigenvalue weighted by atomic mass is 10.3. The third-order valence-electron chi connectivity index (χ3n) is 3.06. The van der Waals surface area contributed by atoms with E-state index in [9.17, 15) is 14.9 Å². The van der Waals surface area contributed by atoms with E-state index in [4.69, 9.17) is 5.73 Å². The lowest BCUT2D eigenvalue weighted by Gasteiger charge is -2.26. The summed E-state index contributed by atoms with van der Waals surface area (Å²) in [5, 5.41) is 10.3. The number of non-ortho nitro benzene ring substituents is 1. The Hall–Kier alpha value is -1.31. The van der Waals surface area contributed by atoms with Gasteiger partial charge in [-0.3, -0.25) is 14.9 Å². The van der Waals surface area contributed by atoms with E-state index in [1.54, 1.807) is 24.1 Å². The molecule has 0 spiro atoms. The summed E-state index contributed by atoms with van der Waals surface area (Å²) in [7, 11) is 1.73. The van der Waals surface area contributed by atoms with E-state index in [1.807, 2.05) is 13.8 Å². The first-order valence-corrected chi connectivity index (χ1v) is 7.12. The Labute approximate surface area is 134 Å². The number of thioether (sulfide) groups is 1. The summed E-state index contributed by atoms with van der Waals surface area (Å²) in [6.07, 6.45) is 0. The number of benzene rings is 1. The van der Waals surface area contributed by atoms with Gasteiger partial charge in [-0.2, -0.15) is 0 Å². The topological polar surface area (TPSA) is 89.5 Å². The molecule has 0 aliphatic heterocycles. The maximum Gasteiger partial charge on any atom is 0.269 e. The van der Waals surface area contributed by atoms with Gasteiger partial charge in [0.2, 0.25) is 5.91 Å². The lowest BCUT2D eigenvalue weighted by molar-refractivity contribution is -0.384. The van der Waals surface area contributed by atoms with Crippen molar-refractivity contribution >= 4 is 35.8 Å². The number of likely N-dealkylation sites (N-methyl/N-ethyl adjacent to an activating group) is 1. The summed E-state index contributed by atoms with van der Waals surface area (Å²) in [6.45, 7) is 4.12. The van der Waals surface area contributed by atoms with Crippen molar-refractivity contribution in [3.8, 4) is 0 Å². The van der Waals surface area contributed by atoms with Crippen molar-refractivity contribution in [2.24, 2.45) is 5.73 Å². The fraction of sp³-hybridized carbons (Fsp3) is 0.462. The Morgan fingerprint density at radius 1 is 1.38 bits per heavy atom. The molecule has 6 nitrogen and oxygen atoms in total. The van der Waals surface area contributed by atoms with Gasteiger partial charge in [0.05, 0.1) is 10.2 Å². The second-order valence-corrected chi connectivity index (χ2v) is 5.96. The molecule has 21 heavy (non-hydrogen) atoms. The van der Waals surface area contributed by atoms with Crippen molar-refractivity contribution in [1.82, 2.24) is 4.90 Å². The van der Waals surface area contributed by atoms with Gasteiger partial charge in [0.1, 0.15) is 0 Å². The molecule has 1 amide bonds. The summed E-state index contributed by atoms with van der Waals surface area (Å²) in [5.74, 6) is -0.00805. The molecule has 2 N–H and O–H groups in total. The second kappa shape index (κ2) is 8.86. The minimum atomic E-state index is -0.445. The average Bonchev–Trinajstić information content (AvgIpc) is 2.45. The molecule has 118 valence electrons. The van der Waals surface area contributed by atoms with E-state index >= 15 is 0 Å². The first-order valence-electron chi connectivity index (χ1n) is 6.24. The molecule has 1 aromatic rings. The number of nitro benzene ring substituents is 1. The highest BCUT2D eigenvalue weighted by Crippen LogP contribution is 2.26. The zero-order chi connectivity index (χ0) is 15.3. The van der Waals surface area contributed by atoms with E-state index in [-0.39, 0.29) is 35.3 Å². The van der Waals surface area contributed by atoms with Gasteiger partial charge < -0.3 is 10.6 Å². The summed E-state index contributed by atoms with van der Waals surface area (Å²) in [4.78, 5) is 24.7. The minimum Gasteiger partial charge on any atom is -0.341 e. The average molecular weight is 334 g/mol. The molecule has 8 heteroatoms. The van der Waals surface area contributed by atoms with E-state index in [0.29, 0.717) is 6.54 Å². The molecule has 1 aromatic carbocycles. The first kappa shape index (κ1) is 19.7. The van der Waals surface area contributed by atoms with Gasteiger partial charge >= 0.3 is 0 Å². The summed E-state index contributed by atoms with van der Waals surface area (Å²) < 4.78 is 0. The van der Waals surface area contributed by atoms with E-state index < -0.39 is 4.92 Å². The SMILES string of the molecule is CC(Sc1ccc([N+](=O)[O-])cc1)C(=O)N(C)C(C)CN.Cl. The van der Waals surface area contributed by atoms with Crippen LogP contribution in [0.4, 0.5) is 5.69 Å². The quantitative estimate of drug-likeness (QED) is 0.490. The third-order valence-corrected chi connectivity index (χ3v) is 4.16. The molecule has 0 fully saturated rings. The van der Waals surface area contributed by atoms with Crippen molar-refractivity contribution in [3.05, 3.63) is 34.4 Å². The lowest BCUT2D eigenvalue weighted by Crippen LogP contribution is -2.43. The minimum absolute atomic E-state index is 0. The number of hydrogen-bond acceptors (Lipinski definition) is 5. The van der Waals surface area contributed by atoms with Crippen molar-refractivity contribution in [3.63, 3.8) is 0 Å². The van der Waals surface area contributed by atoms with Gasteiger partial charge in [-0.05, 0) is 26.0 Å². The number of carbonyl (C=O) groups is 1. The normalized spacial score (nSPS) is 13.0. The fourth-order valence-corrected chi connectivity index (χ4v) is 2.53. The predicted molar refractivity (Wildman–Crippen MR) is 86.9 cm³/mol. The number of rotatable bonds is 6. The van der Waals surface area contributed by atoms with Crippen LogP contribution in [-0.2, 0) is 4.79 Å². The number of halogens is 1. The molecule has 0 aliphatic carbocycles. The third kappa shape index (κ3) is 5.53. The smallest absolute Gasteiger partial charge is 0.269 e. The maximum absolute atomic E-state index is 12.2. The highest BCUT2D eigenvalue weighted by Gasteiger charge is 2.21. The molecule has 0 saturated carbocycles. The Morgan fingerprint density at radius 2 is 1.90 bits per heavy atom. The van der Waals surface area contributed by atoms with Crippen LogP contribution in [0.15, 0.2) is 29.2 Å². The molecule has 2 unspecified atom stereocenters. The molecule has 0 saturated heterocycles. The zero-order valence-electron chi connectivity index (χ0n) is 12.2. The fourth-order valence-electron chi connectivity index (χ4n) is 1.56. The van der Waals surface area contributed by atoms with Gasteiger partial charge in [-0.1, -0.05) is 0 Å². The van der Waals surface area contributed by atoms with Crippen LogP contribution in [0.1, 0.15) is 13.8 Å². The summed E-state index contributed by atoms with van der Waals surface area (Å²) in [5.41, 5.74) is 5.59. The van der Waals surface area contributed by atoms with E-state index in [2.05, 4.69) is 0 Å². The van der Waals surface area contributed by atoms with Crippen LogP contribution in [0.25, 0.3) is 0 Å². The van der Waals surface area contributed by atoms with Crippen LogP contribution in [0, 0.1) is 10.1 Å². The van der Waals surface area contributed by atoms with Gasteiger partial charge in [-0.15, -0.1) is 24.2 Å². The summed E-state index contributed by atoms with van der Waals surface area (Å²) >= 11 is 1.37. The van der Waals surface area contributed by atoms with Gasteiger partial charge in [-0.25, -0.2) is 0 Å². The Balaban J connectivity index is 0.00000400. The molecule has 0 aromatic heterocycles. The number of nitrogens with two attached hydrogens (primary N) is 1. The standard InChI is InChI=1S/C13H19N3O3S.ClH/c1-9(8-14)15(3)13(17)10(2)20-12-6-4-11(5-7-12)16(18)19;/h4-7,9-10H,8,14H2,1-3H3;1H. The monoisotopic (exact) mass is 333 g/mol. The molecular weight excluding hydrogens is 314 g/mol. The molecular formula is C13H20ClN3O3S. The highest BCUT2D eigenvalue weighted by atomic mass is 35.5. The van der Waals surface area contributed by atoms with Crippen LogP contribution >= 0.6 is 24.2 Å². The molecule has 1 rings (SSSR count). The van der Waals surface area contributed by atoms with Gasteiger partial charge in [0.25, 0.3) is 5.69 Å². The molecule has 0 heterocycles. The van der Waals surface area contributed by atoms with Crippen LogP contribution in [0.2, 0.25) is 0 Å². The Bertz CT molecular complexity index is 484. The molecule has 0 radical (unpaired) electrons. The van der Waals surface area contributed by atoms with Crippen LogP contribution in [-0.4, -0.2) is 40.6 Å². The zero-order valence-corrected chi connectivity index (χ0v) is 13.8. The van der Waals surface area contributed by atoms with Crippen molar-refractivity contribution < 1.29 is 9.72 Å². The number of nitrogens with zero attached hydrogens (tertiary/aromatic N) is 2. The number of nitro groups is 1. The molecule has 0 bridgehead atoms. The first-order chi connectivity index (χ1) is 9.36. The largest absolute Gasteiger partial charge is 0.341 e. The summed E-state index contributed by atoms with van der Waals surface area (Å²) in [6, 6.07) is 6.16. The second-order valence-electron chi connectivity index (χ2n) is 4.54. The van der Waals surface area contributed by atoms with E-state index in [1.165, 1.54) is 23.9 Å². The Morgan fingerprint density at radius 3 is 2.33 bits per heavy atom. The van der Waals surface area contributed by atoms with Gasteiger partial charge in [0.15, 0.2) is 0 Å². The van der Waals surface area contributed by atoms with Crippen molar-refractivity contribution in [1.29, 1.82) is 0 Å². The van der Waals surface area contributed by atoms with Crippen molar-refractivity contribution in [2.45, 2.75) is 30.0 Å². The Kier molecular flexibility index (Phi) is 8.31. The predicted octanol–water partition coefficient (Wildman–Crippen LogP) is 2.30. The number of carbonyl (C=O) groups excluding carboxylic acids is 1.